The Bertz CT molecular complexity index is 306. The third-order valence-corrected chi connectivity index (χ3v) is 1.78. The molecule has 0 spiro atoms. The number of halogens is 2. The second kappa shape index (κ2) is 4.91. The largest absolute Gasteiger partial charge is 0.349 e. The summed E-state index contributed by atoms with van der Waals surface area (Å²) in [6.45, 7) is -0.529. The van der Waals surface area contributed by atoms with E-state index in [4.69, 9.17) is 0 Å². The number of aromatic nitrogens is 1. The molecule has 3 nitrogen and oxygen atoms in total. The minimum Gasteiger partial charge on any atom is -0.349 e. The Morgan fingerprint density at radius 3 is 3.00 bits per heavy atom. The lowest BCUT2D eigenvalue weighted by Crippen LogP contribution is -2.25. The molecule has 0 radical (unpaired) electrons. The van der Waals surface area contributed by atoms with Gasteiger partial charge in [0.2, 0.25) is 0 Å². The van der Waals surface area contributed by atoms with Gasteiger partial charge in [-0.25, -0.2) is 4.39 Å². The van der Waals surface area contributed by atoms with Gasteiger partial charge in [0.05, 0.1) is 5.56 Å². The summed E-state index contributed by atoms with van der Waals surface area (Å²) >= 11 is 3.18. The molecule has 1 N–H and O–H groups in total. The smallest absolute Gasteiger partial charge is 0.252 e. The van der Waals surface area contributed by atoms with E-state index in [0.29, 0.717) is 5.56 Å². The van der Waals surface area contributed by atoms with Crippen LogP contribution in [0.25, 0.3) is 0 Å². The summed E-state index contributed by atoms with van der Waals surface area (Å²) in [5.74, 6) is -0.313. The molecule has 1 amide bonds. The molecule has 0 unspecified atom stereocenters. The number of carbonyl (C=O) groups is 1. The van der Waals surface area contributed by atoms with Crippen LogP contribution in [0, 0.1) is 0 Å². The zero-order chi connectivity index (χ0) is 9.68. The summed E-state index contributed by atoms with van der Waals surface area (Å²) in [6.07, 6.45) is 3.00. The molecule has 0 atom stereocenters. The fourth-order valence-corrected chi connectivity index (χ4v) is 1.16. The van der Waals surface area contributed by atoms with Crippen molar-refractivity contribution in [2.75, 3.05) is 13.2 Å². The normalized spacial score (nSPS) is 9.69. The standard InChI is InChI=1S/C8H8BrFN2O/c9-7-3-6(4-11-5-7)8(13)12-2-1-10/h3-5H,1-2H2,(H,12,13). The number of amides is 1. The van der Waals surface area contributed by atoms with Crippen LogP contribution in [0.3, 0.4) is 0 Å². The van der Waals surface area contributed by atoms with Crippen molar-refractivity contribution in [1.29, 1.82) is 0 Å². The number of alkyl halides is 1. The topological polar surface area (TPSA) is 42.0 Å². The monoisotopic (exact) mass is 246 g/mol. The Morgan fingerprint density at radius 2 is 2.38 bits per heavy atom. The molecule has 1 aromatic heterocycles. The van der Waals surface area contributed by atoms with Gasteiger partial charge in [0.1, 0.15) is 6.67 Å². The number of rotatable bonds is 3. The molecule has 70 valence electrons. The fraction of sp³-hybridized carbons (Fsp3) is 0.250. The Balaban J connectivity index is 2.66. The molecule has 0 fully saturated rings. The summed E-state index contributed by atoms with van der Waals surface area (Å²) in [5.41, 5.74) is 0.419. The van der Waals surface area contributed by atoms with E-state index < -0.39 is 6.67 Å². The second-order valence-electron chi connectivity index (χ2n) is 2.34. The summed E-state index contributed by atoms with van der Waals surface area (Å²) in [6, 6.07) is 1.63. The molecule has 0 aliphatic rings. The van der Waals surface area contributed by atoms with Crippen molar-refractivity contribution < 1.29 is 9.18 Å². The first kappa shape index (κ1) is 10.1. The Labute approximate surface area is 83.5 Å². The van der Waals surface area contributed by atoms with Crippen molar-refractivity contribution in [1.82, 2.24) is 10.3 Å². The van der Waals surface area contributed by atoms with Gasteiger partial charge >= 0.3 is 0 Å². The first-order chi connectivity index (χ1) is 6.24. The summed E-state index contributed by atoms with van der Waals surface area (Å²) in [7, 11) is 0. The predicted octanol–water partition coefficient (Wildman–Crippen LogP) is 1.54. The third kappa shape index (κ3) is 3.10. The van der Waals surface area contributed by atoms with Gasteiger partial charge in [0.15, 0.2) is 0 Å². The molecule has 0 bridgehead atoms. The van der Waals surface area contributed by atoms with E-state index in [-0.39, 0.29) is 12.5 Å². The second-order valence-corrected chi connectivity index (χ2v) is 3.25. The van der Waals surface area contributed by atoms with Crippen molar-refractivity contribution in [3.05, 3.63) is 28.5 Å². The predicted molar refractivity (Wildman–Crippen MR) is 50.2 cm³/mol. The van der Waals surface area contributed by atoms with Gasteiger partial charge in [-0.2, -0.15) is 0 Å². The maximum Gasteiger partial charge on any atom is 0.252 e. The number of hydrogen-bond acceptors (Lipinski definition) is 2. The van der Waals surface area contributed by atoms with Gasteiger partial charge in [-0.3, -0.25) is 9.78 Å². The quantitative estimate of drug-likeness (QED) is 0.880. The van der Waals surface area contributed by atoms with Crippen LogP contribution in [0.5, 0.6) is 0 Å². The highest BCUT2D eigenvalue weighted by atomic mass is 79.9. The number of nitrogens with one attached hydrogen (secondary N) is 1. The molecule has 1 rings (SSSR count). The van der Waals surface area contributed by atoms with Gasteiger partial charge in [-0.05, 0) is 22.0 Å². The average Bonchev–Trinajstić information content (AvgIpc) is 2.14. The highest BCUT2D eigenvalue weighted by Gasteiger charge is 2.04. The van der Waals surface area contributed by atoms with Gasteiger partial charge in [-0.1, -0.05) is 0 Å². The minimum absolute atomic E-state index is 0.0331. The first-order valence-electron chi connectivity index (χ1n) is 3.69. The van der Waals surface area contributed by atoms with E-state index in [1.54, 1.807) is 12.3 Å². The van der Waals surface area contributed by atoms with E-state index in [2.05, 4.69) is 26.2 Å². The van der Waals surface area contributed by atoms with Crippen molar-refractivity contribution in [3.8, 4) is 0 Å². The summed E-state index contributed by atoms with van der Waals surface area (Å²) < 4.78 is 12.4. The van der Waals surface area contributed by atoms with Crippen LogP contribution >= 0.6 is 15.9 Å². The van der Waals surface area contributed by atoms with Crippen molar-refractivity contribution in [2.45, 2.75) is 0 Å². The van der Waals surface area contributed by atoms with Crippen LogP contribution in [0.2, 0.25) is 0 Å². The van der Waals surface area contributed by atoms with E-state index >= 15 is 0 Å². The molecular weight excluding hydrogens is 239 g/mol. The van der Waals surface area contributed by atoms with Crippen molar-refractivity contribution >= 4 is 21.8 Å². The van der Waals surface area contributed by atoms with Crippen LogP contribution in [0.1, 0.15) is 10.4 Å². The highest BCUT2D eigenvalue weighted by molar-refractivity contribution is 9.10. The van der Waals surface area contributed by atoms with Crippen molar-refractivity contribution in [2.24, 2.45) is 0 Å². The molecule has 0 aliphatic carbocycles. The van der Waals surface area contributed by atoms with E-state index in [1.165, 1.54) is 6.20 Å². The van der Waals surface area contributed by atoms with Crippen LogP contribution in [-0.2, 0) is 0 Å². The summed E-state index contributed by atoms with van der Waals surface area (Å²) in [5, 5.41) is 2.40. The van der Waals surface area contributed by atoms with E-state index in [0.717, 1.165) is 4.47 Å². The van der Waals surface area contributed by atoms with E-state index in [9.17, 15) is 9.18 Å². The maximum absolute atomic E-state index is 11.7. The SMILES string of the molecule is O=C(NCCF)c1cncc(Br)c1. The van der Waals surface area contributed by atoms with Crippen LogP contribution in [0.4, 0.5) is 4.39 Å². The van der Waals surface area contributed by atoms with Crippen LogP contribution in [-0.4, -0.2) is 24.1 Å². The average molecular weight is 247 g/mol. The molecule has 0 aromatic carbocycles. The molecule has 1 heterocycles. The first-order valence-corrected chi connectivity index (χ1v) is 4.48. The van der Waals surface area contributed by atoms with E-state index in [1.807, 2.05) is 0 Å². The molecule has 0 saturated carbocycles. The van der Waals surface area contributed by atoms with Crippen LogP contribution < -0.4 is 5.32 Å². The number of hydrogen-bond donors (Lipinski definition) is 1. The summed E-state index contributed by atoms with van der Waals surface area (Å²) in [4.78, 5) is 15.0. The molecule has 13 heavy (non-hydrogen) atoms. The fourth-order valence-electron chi connectivity index (χ4n) is 0.799. The molecular formula is C8H8BrFN2O. The van der Waals surface area contributed by atoms with Crippen LogP contribution in [0.15, 0.2) is 22.9 Å². The molecule has 5 heteroatoms. The van der Waals surface area contributed by atoms with Crippen molar-refractivity contribution in [3.63, 3.8) is 0 Å². The van der Waals surface area contributed by atoms with Gasteiger partial charge in [0, 0.05) is 23.4 Å². The van der Waals surface area contributed by atoms with Gasteiger partial charge in [-0.15, -0.1) is 0 Å². The van der Waals surface area contributed by atoms with Gasteiger partial charge < -0.3 is 5.32 Å². The maximum atomic E-state index is 11.7. The Kier molecular flexibility index (Phi) is 3.82. The Hall–Kier alpha value is -0.970. The van der Waals surface area contributed by atoms with Gasteiger partial charge in [0.25, 0.3) is 5.91 Å². The number of pyridine rings is 1. The molecule has 1 aromatic rings. The molecule has 0 aliphatic heterocycles. The lowest BCUT2D eigenvalue weighted by molar-refractivity contribution is 0.0950. The highest BCUT2D eigenvalue weighted by Crippen LogP contribution is 2.08. The zero-order valence-corrected chi connectivity index (χ0v) is 8.34. The number of carbonyl (C=O) groups excluding carboxylic acids is 1. The zero-order valence-electron chi connectivity index (χ0n) is 6.76. The lowest BCUT2D eigenvalue weighted by atomic mass is 10.3. The third-order valence-electron chi connectivity index (χ3n) is 1.35. The molecule has 0 saturated heterocycles. The minimum atomic E-state index is -0.562. The lowest BCUT2D eigenvalue weighted by Gasteiger charge is -2.01. The Morgan fingerprint density at radius 1 is 1.62 bits per heavy atom. The number of nitrogens with zero attached hydrogens (tertiary/aromatic N) is 1.